The predicted octanol–water partition coefficient (Wildman–Crippen LogP) is 2.11. The van der Waals surface area contributed by atoms with E-state index in [2.05, 4.69) is 0 Å². The van der Waals surface area contributed by atoms with Crippen molar-refractivity contribution < 1.29 is 9.21 Å². The van der Waals surface area contributed by atoms with E-state index in [1.807, 2.05) is 0 Å². The first-order chi connectivity index (χ1) is 6.66. The van der Waals surface area contributed by atoms with Crippen LogP contribution in [0.2, 0.25) is 5.02 Å². The molecule has 2 aromatic rings. The van der Waals surface area contributed by atoms with Crippen LogP contribution in [0.25, 0.3) is 11.0 Å². The van der Waals surface area contributed by atoms with Crippen LogP contribution < -0.4 is 5.73 Å². The predicted molar refractivity (Wildman–Crippen MR) is 54.1 cm³/mol. The van der Waals surface area contributed by atoms with Gasteiger partial charge in [0.1, 0.15) is 5.58 Å². The highest BCUT2D eigenvalue weighted by Crippen LogP contribution is 2.24. The summed E-state index contributed by atoms with van der Waals surface area (Å²) in [5.74, 6) is -0.382. The van der Waals surface area contributed by atoms with Gasteiger partial charge in [-0.15, -0.1) is 0 Å². The molecule has 72 valence electrons. The van der Waals surface area contributed by atoms with E-state index in [4.69, 9.17) is 21.8 Å². The van der Waals surface area contributed by atoms with Gasteiger partial charge in [0.2, 0.25) is 5.91 Å². The number of primary amides is 1. The van der Waals surface area contributed by atoms with E-state index < -0.39 is 0 Å². The lowest BCUT2D eigenvalue weighted by molar-refractivity contribution is -0.117. The van der Waals surface area contributed by atoms with Gasteiger partial charge in [0.15, 0.2) is 0 Å². The topological polar surface area (TPSA) is 56.2 Å². The fourth-order valence-corrected chi connectivity index (χ4v) is 1.55. The fraction of sp³-hybridized carbons (Fsp3) is 0.100. The zero-order chi connectivity index (χ0) is 10.1. The molecule has 0 aliphatic heterocycles. The highest BCUT2D eigenvalue weighted by Gasteiger charge is 2.08. The number of nitrogens with two attached hydrogens (primary N) is 1. The molecule has 0 unspecified atom stereocenters. The minimum absolute atomic E-state index is 0.174. The molecule has 0 saturated carbocycles. The van der Waals surface area contributed by atoms with E-state index in [0.717, 1.165) is 10.9 Å². The molecule has 4 heteroatoms. The first-order valence-electron chi connectivity index (χ1n) is 4.11. The fourth-order valence-electron chi connectivity index (χ4n) is 1.38. The third kappa shape index (κ3) is 1.59. The number of hydrogen-bond donors (Lipinski definition) is 1. The van der Waals surface area contributed by atoms with Gasteiger partial charge in [-0.25, -0.2) is 0 Å². The average Bonchev–Trinajstić information content (AvgIpc) is 2.47. The second-order valence-corrected chi connectivity index (χ2v) is 3.48. The van der Waals surface area contributed by atoms with Gasteiger partial charge in [0.25, 0.3) is 0 Å². The van der Waals surface area contributed by atoms with Gasteiger partial charge < -0.3 is 10.2 Å². The number of benzene rings is 1. The Morgan fingerprint density at radius 2 is 2.29 bits per heavy atom. The minimum atomic E-state index is -0.382. The summed E-state index contributed by atoms with van der Waals surface area (Å²) in [6, 6.07) is 5.27. The number of rotatable bonds is 2. The molecule has 0 aliphatic rings. The quantitative estimate of drug-likeness (QED) is 0.824. The first-order valence-corrected chi connectivity index (χ1v) is 4.48. The number of amides is 1. The molecule has 0 atom stereocenters. The van der Waals surface area contributed by atoms with Crippen molar-refractivity contribution in [2.24, 2.45) is 5.73 Å². The normalized spacial score (nSPS) is 10.6. The molecule has 0 saturated heterocycles. The van der Waals surface area contributed by atoms with Crippen LogP contribution in [0.5, 0.6) is 0 Å². The van der Waals surface area contributed by atoms with Gasteiger partial charge in [-0.1, -0.05) is 11.6 Å². The number of halogens is 1. The summed E-state index contributed by atoms with van der Waals surface area (Å²) in [5.41, 5.74) is 6.59. The number of furan rings is 1. The van der Waals surface area contributed by atoms with Crippen LogP contribution in [0.3, 0.4) is 0 Å². The number of carbonyl (C=O) groups is 1. The van der Waals surface area contributed by atoms with Gasteiger partial charge >= 0.3 is 0 Å². The summed E-state index contributed by atoms with van der Waals surface area (Å²) >= 11 is 5.83. The number of hydrogen-bond acceptors (Lipinski definition) is 2. The van der Waals surface area contributed by atoms with Gasteiger partial charge in [0.05, 0.1) is 12.7 Å². The Kier molecular flexibility index (Phi) is 2.17. The summed E-state index contributed by atoms with van der Waals surface area (Å²) in [6.07, 6.45) is 1.71. The van der Waals surface area contributed by atoms with Crippen LogP contribution in [0.4, 0.5) is 0 Å². The monoisotopic (exact) mass is 209 g/mol. The Morgan fingerprint density at radius 1 is 1.50 bits per heavy atom. The molecule has 1 heterocycles. The molecule has 2 N–H and O–H groups in total. The Labute approximate surface area is 85.4 Å². The smallest absolute Gasteiger partial charge is 0.221 e. The van der Waals surface area contributed by atoms with E-state index in [9.17, 15) is 4.79 Å². The molecule has 14 heavy (non-hydrogen) atoms. The highest BCUT2D eigenvalue weighted by molar-refractivity contribution is 6.31. The van der Waals surface area contributed by atoms with Crippen LogP contribution in [-0.2, 0) is 11.2 Å². The molecule has 1 amide bonds. The molecule has 0 radical (unpaired) electrons. The summed E-state index contributed by atoms with van der Waals surface area (Å²) < 4.78 is 5.24. The lowest BCUT2D eigenvalue weighted by Crippen LogP contribution is -2.13. The van der Waals surface area contributed by atoms with E-state index in [1.165, 1.54) is 6.26 Å². The Morgan fingerprint density at radius 3 is 3.00 bits per heavy atom. The van der Waals surface area contributed by atoms with Crippen molar-refractivity contribution in [3.63, 3.8) is 0 Å². The molecular formula is C10H8ClNO2. The maximum atomic E-state index is 10.7. The zero-order valence-electron chi connectivity index (χ0n) is 7.29. The van der Waals surface area contributed by atoms with Crippen molar-refractivity contribution in [2.75, 3.05) is 0 Å². The molecule has 0 spiro atoms. The summed E-state index contributed by atoms with van der Waals surface area (Å²) in [6.45, 7) is 0. The second-order valence-electron chi connectivity index (χ2n) is 3.04. The van der Waals surface area contributed by atoms with Crippen molar-refractivity contribution >= 4 is 28.5 Å². The van der Waals surface area contributed by atoms with Crippen LogP contribution in [-0.4, -0.2) is 5.91 Å². The van der Waals surface area contributed by atoms with Crippen molar-refractivity contribution in [2.45, 2.75) is 6.42 Å². The lowest BCUT2D eigenvalue weighted by atomic mass is 10.1. The van der Waals surface area contributed by atoms with Crippen molar-refractivity contribution in [3.8, 4) is 0 Å². The largest absolute Gasteiger partial charge is 0.464 e. The third-order valence-electron chi connectivity index (χ3n) is 1.98. The molecule has 2 rings (SSSR count). The van der Waals surface area contributed by atoms with E-state index in [0.29, 0.717) is 10.6 Å². The number of fused-ring (bicyclic) bond motifs is 1. The molecule has 0 fully saturated rings. The van der Waals surface area contributed by atoms with Crippen molar-refractivity contribution in [1.82, 2.24) is 0 Å². The second kappa shape index (κ2) is 3.35. The lowest BCUT2D eigenvalue weighted by Gasteiger charge is -1.93. The van der Waals surface area contributed by atoms with E-state index in [1.54, 1.807) is 18.2 Å². The van der Waals surface area contributed by atoms with Crippen LogP contribution in [0.1, 0.15) is 5.56 Å². The summed E-state index contributed by atoms with van der Waals surface area (Å²) in [7, 11) is 0. The van der Waals surface area contributed by atoms with Gasteiger partial charge in [-0.05, 0) is 18.2 Å². The molecule has 3 nitrogen and oxygen atoms in total. The van der Waals surface area contributed by atoms with Crippen LogP contribution in [0.15, 0.2) is 28.9 Å². The van der Waals surface area contributed by atoms with Crippen LogP contribution >= 0.6 is 11.6 Å². The zero-order valence-corrected chi connectivity index (χ0v) is 8.04. The van der Waals surface area contributed by atoms with Gasteiger partial charge in [0, 0.05) is 16.0 Å². The van der Waals surface area contributed by atoms with E-state index in [-0.39, 0.29) is 12.3 Å². The standard InChI is InChI=1S/C10H8ClNO2/c11-7-1-2-9-8(4-7)6(5-14-9)3-10(12)13/h1-2,4-5H,3H2,(H2,12,13). The van der Waals surface area contributed by atoms with Crippen LogP contribution in [0, 0.1) is 0 Å². The summed E-state index contributed by atoms with van der Waals surface area (Å²) in [5, 5.41) is 1.46. The Bertz CT molecular complexity index is 490. The maximum Gasteiger partial charge on any atom is 0.221 e. The molecule has 0 aliphatic carbocycles. The third-order valence-corrected chi connectivity index (χ3v) is 2.22. The summed E-state index contributed by atoms with van der Waals surface area (Å²) in [4.78, 5) is 10.7. The first kappa shape index (κ1) is 9.09. The van der Waals surface area contributed by atoms with Gasteiger partial charge in [-0.2, -0.15) is 0 Å². The molecule has 0 bridgehead atoms. The minimum Gasteiger partial charge on any atom is -0.464 e. The maximum absolute atomic E-state index is 10.7. The Balaban J connectivity index is 2.55. The molecule has 1 aromatic heterocycles. The molecular weight excluding hydrogens is 202 g/mol. The van der Waals surface area contributed by atoms with Crippen molar-refractivity contribution in [3.05, 3.63) is 35.0 Å². The average molecular weight is 210 g/mol. The number of carbonyl (C=O) groups excluding carboxylic acids is 1. The van der Waals surface area contributed by atoms with Gasteiger partial charge in [-0.3, -0.25) is 4.79 Å². The Hall–Kier alpha value is -1.48. The SMILES string of the molecule is NC(=O)Cc1coc2ccc(Cl)cc12. The molecule has 1 aromatic carbocycles. The highest BCUT2D eigenvalue weighted by atomic mass is 35.5. The van der Waals surface area contributed by atoms with Crippen molar-refractivity contribution in [1.29, 1.82) is 0 Å². The van der Waals surface area contributed by atoms with E-state index >= 15 is 0 Å².